The molecule has 3 rings (SSSR count). The van der Waals surface area contributed by atoms with Crippen molar-refractivity contribution < 1.29 is 4.79 Å². The Morgan fingerprint density at radius 3 is 2.75 bits per heavy atom. The summed E-state index contributed by atoms with van der Waals surface area (Å²) in [4.78, 5) is 12.0. The van der Waals surface area contributed by atoms with E-state index in [4.69, 9.17) is 5.73 Å². The molecule has 2 aromatic heterocycles. The zero-order chi connectivity index (χ0) is 13.9. The number of pyridine rings is 1. The summed E-state index contributed by atoms with van der Waals surface area (Å²) in [6.45, 7) is 0.314. The highest BCUT2D eigenvalue weighted by molar-refractivity contribution is 5.94. The van der Waals surface area contributed by atoms with Crippen molar-refractivity contribution in [1.29, 1.82) is 0 Å². The maximum Gasteiger partial charge on any atom is 0.251 e. The highest BCUT2D eigenvalue weighted by atomic mass is 16.1. The molecule has 3 aromatic rings. The molecule has 0 fully saturated rings. The average molecular weight is 267 g/mol. The van der Waals surface area contributed by atoms with Crippen LogP contribution in [0.3, 0.4) is 0 Å². The summed E-state index contributed by atoms with van der Waals surface area (Å²) in [6, 6.07) is 12.4. The predicted molar refractivity (Wildman–Crippen MR) is 75.0 cm³/mol. The lowest BCUT2D eigenvalue weighted by Crippen LogP contribution is -2.23. The molecule has 100 valence electrons. The average Bonchev–Trinajstić information content (AvgIpc) is 2.89. The van der Waals surface area contributed by atoms with Crippen molar-refractivity contribution in [3.8, 4) is 0 Å². The number of nitrogen functional groups attached to an aromatic ring is 1. The van der Waals surface area contributed by atoms with Gasteiger partial charge in [0.2, 0.25) is 0 Å². The Labute approximate surface area is 115 Å². The Kier molecular flexibility index (Phi) is 3.04. The van der Waals surface area contributed by atoms with Gasteiger partial charge in [0.25, 0.3) is 5.91 Å². The van der Waals surface area contributed by atoms with Gasteiger partial charge in [-0.3, -0.25) is 9.20 Å². The van der Waals surface area contributed by atoms with Gasteiger partial charge in [-0.25, -0.2) is 0 Å². The molecule has 0 atom stereocenters. The monoisotopic (exact) mass is 267 g/mol. The van der Waals surface area contributed by atoms with Crippen LogP contribution in [-0.2, 0) is 6.54 Å². The molecular formula is C14H13N5O. The Balaban J connectivity index is 1.73. The third-order valence-corrected chi connectivity index (χ3v) is 2.96. The quantitative estimate of drug-likeness (QED) is 0.699. The minimum atomic E-state index is -0.169. The van der Waals surface area contributed by atoms with Gasteiger partial charge in [0.1, 0.15) is 0 Å². The van der Waals surface area contributed by atoms with Gasteiger partial charge in [-0.15, -0.1) is 10.2 Å². The maximum atomic E-state index is 12.0. The highest BCUT2D eigenvalue weighted by Crippen LogP contribution is 2.06. The molecule has 0 aliphatic carbocycles. The summed E-state index contributed by atoms with van der Waals surface area (Å²) in [5.74, 6) is 0.516. The number of amides is 1. The normalized spacial score (nSPS) is 10.6. The van der Waals surface area contributed by atoms with E-state index in [1.54, 1.807) is 24.3 Å². The lowest BCUT2D eigenvalue weighted by atomic mass is 10.2. The van der Waals surface area contributed by atoms with Gasteiger partial charge < -0.3 is 11.1 Å². The van der Waals surface area contributed by atoms with Crippen LogP contribution in [0.1, 0.15) is 16.2 Å². The SMILES string of the molecule is Nc1ccc(C(=O)NCc2nnc3ccccn23)cc1. The number of hydrogen-bond donors (Lipinski definition) is 2. The van der Waals surface area contributed by atoms with Crippen LogP contribution in [0.25, 0.3) is 5.65 Å². The Morgan fingerprint density at radius 2 is 1.95 bits per heavy atom. The van der Waals surface area contributed by atoms with E-state index in [0.29, 0.717) is 23.6 Å². The van der Waals surface area contributed by atoms with Gasteiger partial charge >= 0.3 is 0 Å². The van der Waals surface area contributed by atoms with Crippen LogP contribution in [0.5, 0.6) is 0 Å². The summed E-state index contributed by atoms with van der Waals surface area (Å²) >= 11 is 0. The Hall–Kier alpha value is -2.89. The number of carbonyl (C=O) groups excluding carboxylic acids is 1. The number of nitrogens with zero attached hydrogens (tertiary/aromatic N) is 3. The molecular weight excluding hydrogens is 254 g/mol. The van der Waals surface area contributed by atoms with Crippen LogP contribution in [-0.4, -0.2) is 20.5 Å². The number of nitrogens with one attached hydrogen (secondary N) is 1. The fourth-order valence-electron chi connectivity index (χ4n) is 1.91. The largest absolute Gasteiger partial charge is 0.399 e. The minimum absolute atomic E-state index is 0.169. The molecule has 0 unspecified atom stereocenters. The van der Waals surface area contributed by atoms with Crippen LogP contribution >= 0.6 is 0 Å². The van der Waals surface area contributed by atoms with Crippen LogP contribution in [0.4, 0.5) is 5.69 Å². The van der Waals surface area contributed by atoms with Crippen LogP contribution in [0, 0.1) is 0 Å². The molecule has 2 heterocycles. The van der Waals surface area contributed by atoms with Crippen molar-refractivity contribution >= 4 is 17.2 Å². The van der Waals surface area contributed by atoms with Gasteiger partial charge in [-0.1, -0.05) is 6.07 Å². The number of aromatic nitrogens is 3. The third kappa shape index (κ3) is 2.31. The van der Waals surface area contributed by atoms with E-state index in [1.807, 2.05) is 28.8 Å². The van der Waals surface area contributed by atoms with E-state index < -0.39 is 0 Å². The van der Waals surface area contributed by atoms with E-state index in [9.17, 15) is 4.79 Å². The van der Waals surface area contributed by atoms with Gasteiger partial charge in [0, 0.05) is 17.4 Å². The summed E-state index contributed by atoms with van der Waals surface area (Å²) in [5.41, 5.74) is 7.53. The predicted octanol–water partition coefficient (Wildman–Crippen LogP) is 1.24. The topological polar surface area (TPSA) is 85.3 Å². The number of anilines is 1. The van der Waals surface area contributed by atoms with E-state index in [2.05, 4.69) is 15.5 Å². The van der Waals surface area contributed by atoms with E-state index in [1.165, 1.54) is 0 Å². The zero-order valence-corrected chi connectivity index (χ0v) is 10.7. The number of hydrogen-bond acceptors (Lipinski definition) is 4. The lowest BCUT2D eigenvalue weighted by Gasteiger charge is -2.04. The number of rotatable bonds is 3. The number of carbonyl (C=O) groups is 1. The molecule has 6 nitrogen and oxygen atoms in total. The molecule has 6 heteroatoms. The maximum absolute atomic E-state index is 12.0. The van der Waals surface area contributed by atoms with Crippen molar-refractivity contribution in [3.05, 3.63) is 60.0 Å². The Morgan fingerprint density at radius 1 is 1.15 bits per heavy atom. The Bertz CT molecular complexity index is 748. The second kappa shape index (κ2) is 5.00. The van der Waals surface area contributed by atoms with E-state index >= 15 is 0 Å². The number of nitrogens with two attached hydrogens (primary N) is 1. The smallest absolute Gasteiger partial charge is 0.251 e. The lowest BCUT2D eigenvalue weighted by molar-refractivity contribution is 0.0950. The molecule has 0 radical (unpaired) electrons. The van der Waals surface area contributed by atoms with Crippen LogP contribution in [0.2, 0.25) is 0 Å². The minimum Gasteiger partial charge on any atom is -0.399 e. The second-order valence-corrected chi connectivity index (χ2v) is 4.35. The van der Waals surface area contributed by atoms with E-state index in [0.717, 1.165) is 5.65 Å². The third-order valence-electron chi connectivity index (χ3n) is 2.96. The van der Waals surface area contributed by atoms with Gasteiger partial charge in [-0.2, -0.15) is 0 Å². The fourth-order valence-corrected chi connectivity index (χ4v) is 1.91. The zero-order valence-electron chi connectivity index (χ0n) is 10.7. The number of fused-ring (bicyclic) bond motifs is 1. The molecule has 1 aromatic carbocycles. The van der Waals surface area contributed by atoms with Crippen molar-refractivity contribution in [2.75, 3.05) is 5.73 Å². The molecule has 0 saturated heterocycles. The molecule has 0 spiro atoms. The standard InChI is InChI=1S/C14H13N5O/c15-11-6-4-10(5-7-11)14(20)16-9-13-18-17-12-3-1-2-8-19(12)13/h1-8H,9,15H2,(H,16,20). The highest BCUT2D eigenvalue weighted by Gasteiger charge is 2.08. The molecule has 3 N–H and O–H groups in total. The summed E-state index contributed by atoms with van der Waals surface area (Å²) in [7, 11) is 0. The first-order valence-electron chi connectivity index (χ1n) is 6.16. The fraction of sp³-hybridized carbons (Fsp3) is 0.0714. The first kappa shape index (κ1) is 12.2. The first-order valence-corrected chi connectivity index (χ1v) is 6.16. The molecule has 0 aliphatic rings. The number of benzene rings is 1. The molecule has 20 heavy (non-hydrogen) atoms. The molecule has 0 aliphatic heterocycles. The van der Waals surface area contributed by atoms with Crippen molar-refractivity contribution in [2.45, 2.75) is 6.54 Å². The van der Waals surface area contributed by atoms with Crippen molar-refractivity contribution in [3.63, 3.8) is 0 Å². The second-order valence-electron chi connectivity index (χ2n) is 4.35. The van der Waals surface area contributed by atoms with E-state index in [-0.39, 0.29) is 5.91 Å². The van der Waals surface area contributed by atoms with Gasteiger partial charge in [0.05, 0.1) is 6.54 Å². The van der Waals surface area contributed by atoms with Gasteiger partial charge in [0.15, 0.2) is 11.5 Å². The molecule has 0 bridgehead atoms. The summed E-state index contributed by atoms with van der Waals surface area (Å²) < 4.78 is 1.84. The van der Waals surface area contributed by atoms with Crippen molar-refractivity contribution in [2.24, 2.45) is 0 Å². The summed E-state index contributed by atoms with van der Waals surface area (Å²) in [5, 5.41) is 10.9. The van der Waals surface area contributed by atoms with Crippen LogP contribution < -0.4 is 11.1 Å². The molecule has 0 saturated carbocycles. The first-order chi connectivity index (χ1) is 9.74. The van der Waals surface area contributed by atoms with Crippen LogP contribution in [0.15, 0.2) is 48.7 Å². The van der Waals surface area contributed by atoms with Crippen molar-refractivity contribution in [1.82, 2.24) is 19.9 Å². The summed E-state index contributed by atoms with van der Waals surface area (Å²) in [6.07, 6.45) is 1.86. The van der Waals surface area contributed by atoms with Gasteiger partial charge in [-0.05, 0) is 36.4 Å². The molecule has 1 amide bonds.